The number of nitrogens with two attached hydrogens (primary N) is 1. The van der Waals surface area contributed by atoms with E-state index in [1.165, 1.54) is 23.1 Å². The molecular weight excluding hydrogens is 244 g/mol. The third-order valence-electron chi connectivity index (χ3n) is 4.41. The monoisotopic (exact) mass is 266 g/mol. The van der Waals surface area contributed by atoms with Gasteiger partial charge in [-0.1, -0.05) is 37.3 Å². The molecule has 1 unspecified atom stereocenters. The van der Waals surface area contributed by atoms with Crippen LogP contribution in [0, 0.1) is 0 Å². The van der Waals surface area contributed by atoms with Crippen LogP contribution in [-0.2, 0) is 24.8 Å². The fourth-order valence-electron chi connectivity index (χ4n) is 3.23. The molecule has 1 heterocycles. The smallest absolute Gasteiger partial charge is 0.0468 e. The zero-order chi connectivity index (χ0) is 14.0. The van der Waals surface area contributed by atoms with E-state index in [4.69, 9.17) is 5.73 Å². The van der Waals surface area contributed by atoms with Crippen molar-refractivity contribution < 1.29 is 0 Å². The van der Waals surface area contributed by atoms with Crippen molar-refractivity contribution in [1.29, 1.82) is 0 Å². The van der Waals surface area contributed by atoms with Crippen LogP contribution in [0.4, 0.5) is 0 Å². The van der Waals surface area contributed by atoms with Gasteiger partial charge in [0.25, 0.3) is 0 Å². The number of fused-ring (bicyclic) bond motifs is 1. The summed E-state index contributed by atoms with van der Waals surface area (Å²) in [5, 5.41) is 0. The van der Waals surface area contributed by atoms with Crippen LogP contribution in [0.3, 0.4) is 0 Å². The van der Waals surface area contributed by atoms with E-state index in [-0.39, 0.29) is 5.54 Å². The van der Waals surface area contributed by atoms with Gasteiger partial charge >= 0.3 is 0 Å². The van der Waals surface area contributed by atoms with E-state index in [2.05, 4.69) is 48.3 Å². The second kappa shape index (κ2) is 5.37. The van der Waals surface area contributed by atoms with Crippen molar-refractivity contribution >= 4 is 0 Å². The van der Waals surface area contributed by atoms with Crippen molar-refractivity contribution in [2.45, 2.75) is 44.6 Å². The lowest BCUT2D eigenvalue weighted by Gasteiger charge is -2.35. The third-order valence-corrected chi connectivity index (χ3v) is 4.41. The predicted molar refractivity (Wildman–Crippen MR) is 82.6 cm³/mol. The summed E-state index contributed by atoms with van der Waals surface area (Å²) in [5.74, 6) is 0. The fraction of sp³-hybridized carbons (Fsp3) is 0.389. The highest BCUT2D eigenvalue weighted by Gasteiger charge is 2.32. The van der Waals surface area contributed by atoms with Crippen molar-refractivity contribution in [1.82, 2.24) is 4.98 Å². The molecule has 0 fully saturated rings. The van der Waals surface area contributed by atoms with E-state index in [9.17, 15) is 0 Å². The molecule has 0 spiro atoms. The minimum atomic E-state index is -0.254. The maximum absolute atomic E-state index is 6.73. The third kappa shape index (κ3) is 2.48. The molecule has 1 aliphatic rings. The molecule has 0 saturated carbocycles. The molecule has 2 N–H and O–H groups in total. The molecule has 0 bridgehead atoms. The molecule has 0 radical (unpaired) electrons. The summed E-state index contributed by atoms with van der Waals surface area (Å²) in [6.45, 7) is 2.15. The highest BCUT2D eigenvalue weighted by molar-refractivity contribution is 5.37. The van der Waals surface area contributed by atoms with E-state index in [1.807, 2.05) is 6.20 Å². The number of hydrogen-bond acceptors (Lipinski definition) is 2. The number of aryl methyl sites for hydroxylation is 2. The number of nitrogens with zero attached hydrogens (tertiary/aromatic N) is 1. The minimum absolute atomic E-state index is 0.254. The molecular formula is C18H22N2. The molecule has 1 aliphatic carbocycles. The first-order chi connectivity index (χ1) is 9.71. The summed E-state index contributed by atoms with van der Waals surface area (Å²) in [6, 6.07) is 12.9. The fourth-order valence-corrected chi connectivity index (χ4v) is 3.23. The zero-order valence-electron chi connectivity index (χ0n) is 12.1. The van der Waals surface area contributed by atoms with Gasteiger partial charge in [-0.3, -0.25) is 4.98 Å². The highest BCUT2D eigenvalue weighted by atomic mass is 14.8. The number of pyridine rings is 1. The Bertz CT molecular complexity index is 589. The van der Waals surface area contributed by atoms with Crippen molar-refractivity contribution in [3.63, 3.8) is 0 Å². The first-order valence-corrected chi connectivity index (χ1v) is 7.52. The Kier molecular flexibility index (Phi) is 3.58. The van der Waals surface area contributed by atoms with Crippen LogP contribution in [-0.4, -0.2) is 4.98 Å². The summed E-state index contributed by atoms with van der Waals surface area (Å²) in [5.41, 5.74) is 11.6. The Morgan fingerprint density at radius 2 is 2.05 bits per heavy atom. The van der Waals surface area contributed by atoms with Gasteiger partial charge < -0.3 is 5.73 Å². The van der Waals surface area contributed by atoms with Crippen molar-refractivity contribution in [2.75, 3.05) is 0 Å². The first-order valence-electron chi connectivity index (χ1n) is 7.52. The maximum atomic E-state index is 6.73. The van der Waals surface area contributed by atoms with Gasteiger partial charge in [-0.15, -0.1) is 0 Å². The lowest BCUT2D eigenvalue weighted by molar-refractivity contribution is 0.366. The van der Waals surface area contributed by atoms with Crippen LogP contribution < -0.4 is 5.73 Å². The van der Waals surface area contributed by atoms with Gasteiger partial charge in [-0.2, -0.15) is 0 Å². The molecule has 1 aromatic heterocycles. The molecule has 2 nitrogen and oxygen atoms in total. The maximum Gasteiger partial charge on any atom is 0.0468 e. The lowest BCUT2D eigenvalue weighted by atomic mass is 9.74. The van der Waals surface area contributed by atoms with Crippen LogP contribution >= 0.6 is 0 Å². The predicted octanol–water partition coefficient (Wildman–Crippen LogP) is 3.38. The van der Waals surface area contributed by atoms with E-state index in [0.29, 0.717) is 0 Å². The molecule has 2 aromatic rings. The largest absolute Gasteiger partial charge is 0.321 e. The molecule has 104 valence electrons. The van der Waals surface area contributed by atoms with Crippen molar-refractivity contribution in [2.24, 2.45) is 5.73 Å². The standard InChI is InChI=1S/C18H22N2/c1-2-14-9-10-16(20-13-14)12-18(19)11-5-7-15-6-3-4-8-17(15)18/h3-4,6,8-10,13H,2,5,7,11-12,19H2,1H3. The Labute approximate surface area is 121 Å². The normalized spacial score (nSPS) is 21.5. The van der Waals surface area contributed by atoms with Gasteiger partial charge in [0.05, 0.1) is 0 Å². The van der Waals surface area contributed by atoms with Gasteiger partial charge in [-0.25, -0.2) is 0 Å². The van der Waals surface area contributed by atoms with E-state index in [1.54, 1.807) is 0 Å². The summed E-state index contributed by atoms with van der Waals surface area (Å²) in [4.78, 5) is 4.58. The second-order valence-electron chi connectivity index (χ2n) is 5.85. The van der Waals surface area contributed by atoms with Gasteiger partial charge in [0, 0.05) is 23.9 Å². The Morgan fingerprint density at radius 3 is 2.80 bits per heavy atom. The lowest BCUT2D eigenvalue weighted by Crippen LogP contribution is -2.42. The molecule has 20 heavy (non-hydrogen) atoms. The number of rotatable bonds is 3. The van der Waals surface area contributed by atoms with E-state index >= 15 is 0 Å². The van der Waals surface area contributed by atoms with Gasteiger partial charge in [0.1, 0.15) is 0 Å². The van der Waals surface area contributed by atoms with Crippen molar-refractivity contribution in [3.8, 4) is 0 Å². The SMILES string of the molecule is CCc1ccc(CC2(N)CCCc3ccccc32)nc1. The quantitative estimate of drug-likeness (QED) is 0.925. The van der Waals surface area contributed by atoms with Crippen LogP contribution in [0.2, 0.25) is 0 Å². The molecule has 3 rings (SSSR count). The zero-order valence-corrected chi connectivity index (χ0v) is 12.1. The Morgan fingerprint density at radius 1 is 1.20 bits per heavy atom. The second-order valence-corrected chi connectivity index (χ2v) is 5.85. The minimum Gasteiger partial charge on any atom is -0.321 e. The van der Waals surface area contributed by atoms with Gasteiger partial charge in [0.15, 0.2) is 0 Å². The van der Waals surface area contributed by atoms with Crippen LogP contribution in [0.15, 0.2) is 42.6 Å². The molecule has 1 aromatic carbocycles. The molecule has 0 amide bonds. The van der Waals surface area contributed by atoms with E-state index in [0.717, 1.165) is 31.4 Å². The van der Waals surface area contributed by atoms with Crippen molar-refractivity contribution in [3.05, 3.63) is 65.0 Å². The van der Waals surface area contributed by atoms with Crippen LogP contribution in [0.5, 0.6) is 0 Å². The Hall–Kier alpha value is -1.67. The summed E-state index contributed by atoms with van der Waals surface area (Å²) in [6.07, 6.45) is 7.20. The van der Waals surface area contributed by atoms with Crippen LogP contribution in [0.1, 0.15) is 42.1 Å². The highest BCUT2D eigenvalue weighted by Crippen LogP contribution is 2.35. The molecule has 1 atom stereocenters. The summed E-state index contributed by atoms with van der Waals surface area (Å²) >= 11 is 0. The first kappa shape index (κ1) is 13.3. The molecule has 2 heteroatoms. The van der Waals surface area contributed by atoms with Crippen LogP contribution in [0.25, 0.3) is 0 Å². The number of hydrogen-bond donors (Lipinski definition) is 1. The molecule has 0 aliphatic heterocycles. The molecule has 0 saturated heterocycles. The number of benzene rings is 1. The van der Waals surface area contributed by atoms with Gasteiger partial charge in [0.2, 0.25) is 0 Å². The summed E-state index contributed by atoms with van der Waals surface area (Å²) in [7, 11) is 0. The topological polar surface area (TPSA) is 38.9 Å². The van der Waals surface area contributed by atoms with Gasteiger partial charge in [-0.05, 0) is 48.4 Å². The average molecular weight is 266 g/mol. The average Bonchev–Trinajstić information content (AvgIpc) is 2.48. The van der Waals surface area contributed by atoms with E-state index < -0.39 is 0 Å². The summed E-state index contributed by atoms with van der Waals surface area (Å²) < 4.78 is 0. The Balaban J connectivity index is 1.89. The number of aromatic nitrogens is 1.